The Bertz CT molecular complexity index is 743. The molecular formula is C23H29ClFNO2. The molecule has 152 valence electrons. The van der Waals surface area contributed by atoms with Crippen LogP contribution in [-0.4, -0.2) is 12.6 Å². The Morgan fingerprint density at radius 1 is 1.00 bits per heavy atom. The number of benzene rings is 2. The van der Waals surface area contributed by atoms with Crippen LogP contribution < -0.4 is 14.8 Å². The summed E-state index contributed by atoms with van der Waals surface area (Å²) in [5.41, 5.74) is 1.91. The Kier molecular flexibility index (Phi) is 7.99. The number of ether oxygens (including phenoxy) is 2. The SMILES string of the molecule is CCOc1cc(CNC2CCCCCC2)c(Cl)cc1OCc1ccc(F)cc1. The maximum atomic E-state index is 13.1. The zero-order valence-electron chi connectivity index (χ0n) is 16.5. The van der Waals surface area contributed by atoms with Gasteiger partial charge in [0, 0.05) is 23.7 Å². The second-order valence-corrected chi connectivity index (χ2v) is 7.72. The maximum absolute atomic E-state index is 13.1. The van der Waals surface area contributed by atoms with Crippen molar-refractivity contribution in [1.82, 2.24) is 5.32 Å². The van der Waals surface area contributed by atoms with E-state index < -0.39 is 0 Å². The Balaban J connectivity index is 1.67. The first kappa shape index (κ1) is 20.9. The minimum atomic E-state index is -0.257. The molecule has 0 amide bonds. The van der Waals surface area contributed by atoms with Crippen molar-refractivity contribution in [2.45, 2.75) is 64.6 Å². The van der Waals surface area contributed by atoms with Gasteiger partial charge in [-0.3, -0.25) is 0 Å². The van der Waals surface area contributed by atoms with Crippen LogP contribution in [0.5, 0.6) is 11.5 Å². The van der Waals surface area contributed by atoms with Gasteiger partial charge in [0.1, 0.15) is 12.4 Å². The molecular weight excluding hydrogens is 377 g/mol. The summed E-state index contributed by atoms with van der Waals surface area (Å²) < 4.78 is 24.7. The fourth-order valence-electron chi connectivity index (χ4n) is 3.57. The highest BCUT2D eigenvalue weighted by Crippen LogP contribution is 2.34. The zero-order valence-corrected chi connectivity index (χ0v) is 17.2. The van der Waals surface area contributed by atoms with Gasteiger partial charge in [0.25, 0.3) is 0 Å². The summed E-state index contributed by atoms with van der Waals surface area (Å²) >= 11 is 6.53. The summed E-state index contributed by atoms with van der Waals surface area (Å²) in [5.74, 6) is 1.04. The van der Waals surface area contributed by atoms with Crippen LogP contribution >= 0.6 is 11.6 Å². The molecule has 2 aromatic rings. The zero-order chi connectivity index (χ0) is 19.8. The predicted octanol–water partition coefficient (Wildman–Crippen LogP) is 6.27. The predicted molar refractivity (Wildman–Crippen MR) is 112 cm³/mol. The van der Waals surface area contributed by atoms with Crippen molar-refractivity contribution in [2.75, 3.05) is 6.61 Å². The van der Waals surface area contributed by atoms with E-state index in [1.165, 1.54) is 50.7 Å². The van der Waals surface area contributed by atoms with E-state index in [-0.39, 0.29) is 5.82 Å². The first-order valence-electron chi connectivity index (χ1n) is 10.2. The average Bonchev–Trinajstić information content (AvgIpc) is 2.97. The first-order valence-corrected chi connectivity index (χ1v) is 10.6. The van der Waals surface area contributed by atoms with Crippen molar-refractivity contribution in [2.24, 2.45) is 0 Å². The van der Waals surface area contributed by atoms with Crippen LogP contribution in [0.15, 0.2) is 36.4 Å². The number of hydrogen-bond acceptors (Lipinski definition) is 3. The van der Waals surface area contributed by atoms with Crippen LogP contribution in [0.3, 0.4) is 0 Å². The summed E-state index contributed by atoms with van der Waals surface area (Å²) in [6, 6.07) is 10.6. The molecule has 0 atom stereocenters. The second kappa shape index (κ2) is 10.7. The van der Waals surface area contributed by atoms with Crippen molar-refractivity contribution in [3.05, 3.63) is 58.4 Å². The first-order chi connectivity index (χ1) is 13.7. The summed E-state index contributed by atoms with van der Waals surface area (Å²) in [6.45, 7) is 3.55. The average molecular weight is 406 g/mol. The van der Waals surface area contributed by atoms with E-state index in [1.807, 2.05) is 19.1 Å². The lowest BCUT2D eigenvalue weighted by atomic mass is 10.1. The minimum absolute atomic E-state index is 0.257. The third-order valence-corrected chi connectivity index (χ3v) is 5.51. The molecule has 5 heteroatoms. The minimum Gasteiger partial charge on any atom is -0.490 e. The van der Waals surface area contributed by atoms with Gasteiger partial charge in [-0.2, -0.15) is 0 Å². The fraction of sp³-hybridized carbons (Fsp3) is 0.478. The Morgan fingerprint density at radius 3 is 2.36 bits per heavy atom. The summed E-state index contributed by atoms with van der Waals surface area (Å²) in [7, 11) is 0. The van der Waals surface area contributed by atoms with Crippen LogP contribution in [-0.2, 0) is 13.2 Å². The van der Waals surface area contributed by atoms with Gasteiger partial charge in [-0.15, -0.1) is 0 Å². The molecule has 3 nitrogen and oxygen atoms in total. The standard InChI is InChI=1S/C23H29ClFNO2/c1-2-27-22-13-18(15-26-20-7-5-3-4-6-8-20)21(24)14-23(22)28-16-17-9-11-19(25)12-10-17/h9-14,20,26H,2-8,15-16H2,1H3. The molecule has 0 heterocycles. The van der Waals surface area contributed by atoms with Crippen LogP contribution in [0, 0.1) is 5.82 Å². The van der Waals surface area contributed by atoms with E-state index in [0.717, 1.165) is 17.7 Å². The number of nitrogens with one attached hydrogen (secondary N) is 1. The third kappa shape index (κ3) is 6.11. The van der Waals surface area contributed by atoms with Crippen molar-refractivity contribution in [3.63, 3.8) is 0 Å². The van der Waals surface area contributed by atoms with Crippen LogP contribution in [0.2, 0.25) is 5.02 Å². The van der Waals surface area contributed by atoms with Gasteiger partial charge in [0.15, 0.2) is 11.5 Å². The summed E-state index contributed by atoms with van der Waals surface area (Å²) in [4.78, 5) is 0. The molecule has 2 aromatic carbocycles. The molecule has 0 unspecified atom stereocenters. The normalized spacial score (nSPS) is 15.2. The van der Waals surface area contributed by atoms with E-state index >= 15 is 0 Å². The lowest BCUT2D eigenvalue weighted by molar-refractivity contribution is 0.269. The molecule has 0 aromatic heterocycles. The third-order valence-electron chi connectivity index (χ3n) is 5.16. The van der Waals surface area contributed by atoms with Crippen molar-refractivity contribution < 1.29 is 13.9 Å². The van der Waals surface area contributed by atoms with Gasteiger partial charge in [-0.25, -0.2) is 4.39 Å². The second-order valence-electron chi connectivity index (χ2n) is 7.31. The number of hydrogen-bond donors (Lipinski definition) is 1. The van der Waals surface area contributed by atoms with Gasteiger partial charge < -0.3 is 14.8 Å². The molecule has 1 aliphatic carbocycles. The highest BCUT2D eigenvalue weighted by Gasteiger charge is 2.15. The van der Waals surface area contributed by atoms with Gasteiger partial charge >= 0.3 is 0 Å². The molecule has 1 fully saturated rings. The van der Waals surface area contributed by atoms with Gasteiger partial charge in [-0.1, -0.05) is 49.4 Å². The topological polar surface area (TPSA) is 30.5 Å². The van der Waals surface area contributed by atoms with Crippen LogP contribution in [0.4, 0.5) is 4.39 Å². The van der Waals surface area contributed by atoms with Crippen LogP contribution in [0.1, 0.15) is 56.6 Å². The highest BCUT2D eigenvalue weighted by molar-refractivity contribution is 6.31. The molecule has 1 aliphatic rings. The van der Waals surface area contributed by atoms with E-state index in [1.54, 1.807) is 12.1 Å². The molecule has 1 saturated carbocycles. The largest absolute Gasteiger partial charge is 0.490 e. The maximum Gasteiger partial charge on any atom is 0.163 e. The van der Waals surface area contributed by atoms with Crippen molar-refractivity contribution in [3.8, 4) is 11.5 Å². The van der Waals surface area contributed by atoms with Crippen molar-refractivity contribution >= 4 is 11.6 Å². The van der Waals surface area contributed by atoms with Crippen LogP contribution in [0.25, 0.3) is 0 Å². The van der Waals surface area contributed by atoms with E-state index in [2.05, 4.69) is 5.32 Å². The van der Waals surface area contributed by atoms with Crippen molar-refractivity contribution in [1.29, 1.82) is 0 Å². The Morgan fingerprint density at radius 2 is 1.68 bits per heavy atom. The molecule has 1 N–H and O–H groups in total. The Labute approximate surface area is 172 Å². The number of halogens is 2. The molecule has 0 saturated heterocycles. The van der Waals surface area contributed by atoms with Gasteiger partial charge in [-0.05, 0) is 49.1 Å². The molecule has 0 bridgehead atoms. The van der Waals surface area contributed by atoms with E-state index in [0.29, 0.717) is 35.8 Å². The Hall–Kier alpha value is -1.78. The lowest BCUT2D eigenvalue weighted by Gasteiger charge is -2.19. The molecule has 28 heavy (non-hydrogen) atoms. The monoisotopic (exact) mass is 405 g/mol. The van der Waals surface area contributed by atoms with Gasteiger partial charge in [0.2, 0.25) is 0 Å². The number of rotatable bonds is 8. The smallest absolute Gasteiger partial charge is 0.163 e. The molecule has 0 radical (unpaired) electrons. The molecule has 0 spiro atoms. The summed E-state index contributed by atoms with van der Waals surface area (Å²) in [5, 5.41) is 4.32. The van der Waals surface area contributed by atoms with E-state index in [4.69, 9.17) is 21.1 Å². The summed E-state index contributed by atoms with van der Waals surface area (Å²) in [6.07, 6.45) is 7.74. The van der Waals surface area contributed by atoms with Gasteiger partial charge in [0.05, 0.1) is 6.61 Å². The molecule has 3 rings (SSSR count). The highest BCUT2D eigenvalue weighted by atomic mass is 35.5. The van der Waals surface area contributed by atoms with E-state index in [9.17, 15) is 4.39 Å². The quantitative estimate of drug-likeness (QED) is 0.525. The fourth-order valence-corrected chi connectivity index (χ4v) is 3.79. The molecule has 0 aliphatic heterocycles. The lowest BCUT2D eigenvalue weighted by Crippen LogP contribution is -2.28.